The van der Waals surface area contributed by atoms with Crippen LogP contribution in [-0.4, -0.2) is 65.5 Å². The Bertz CT molecular complexity index is 919. The number of rotatable bonds is 3. The van der Waals surface area contributed by atoms with E-state index >= 15 is 0 Å². The van der Waals surface area contributed by atoms with Gasteiger partial charge in [-0.2, -0.15) is 0 Å². The van der Waals surface area contributed by atoms with Crippen molar-refractivity contribution in [2.45, 2.75) is 12.8 Å². The van der Waals surface area contributed by atoms with Crippen LogP contribution in [0, 0.1) is 11.8 Å². The van der Waals surface area contributed by atoms with Gasteiger partial charge in [-0.1, -0.05) is 11.8 Å². The zero-order chi connectivity index (χ0) is 18.6. The molecule has 0 aromatic carbocycles. The molecular weight excluding hydrogens is 344 g/mol. The number of anilines is 1. The summed E-state index contributed by atoms with van der Waals surface area (Å²) in [4.78, 5) is 31.9. The van der Waals surface area contributed by atoms with Gasteiger partial charge in [0.05, 0.1) is 11.8 Å². The number of hydrogen-bond acceptors (Lipinski definition) is 5. The van der Waals surface area contributed by atoms with Crippen molar-refractivity contribution >= 4 is 23.4 Å². The number of amides is 3. The van der Waals surface area contributed by atoms with Gasteiger partial charge in [0.15, 0.2) is 5.65 Å². The van der Waals surface area contributed by atoms with Crippen LogP contribution in [0.15, 0.2) is 24.5 Å². The van der Waals surface area contributed by atoms with E-state index in [0.717, 1.165) is 44.7 Å². The number of urea groups is 1. The van der Waals surface area contributed by atoms with Gasteiger partial charge in [0.25, 0.3) is 0 Å². The molecule has 8 heteroatoms. The fraction of sp³-hybridized carbons (Fsp3) is 0.421. The lowest BCUT2D eigenvalue weighted by molar-refractivity contribution is -0.120. The SMILES string of the molecule is O=C1CCN(c2cnc3c(C#CCCN4CCNCC4)cccn23)C(=O)N1. The molecule has 2 fully saturated rings. The van der Waals surface area contributed by atoms with Gasteiger partial charge in [-0.15, -0.1) is 0 Å². The summed E-state index contributed by atoms with van der Waals surface area (Å²) >= 11 is 0. The minimum absolute atomic E-state index is 0.249. The van der Waals surface area contributed by atoms with Gasteiger partial charge in [-0.05, 0) is 12.1 Å². The average molecular weight is 366 g/mol. The number of hydrogen-bond donors (Lipinski definition) is 2. The van der Waals surface area contributed by atoms with Gasteiger partial charge >= 0.3 is 6.03 Å². The Balaban J connectivity index is 1.50. The van der Waals surface area contributed by atoms with E-state index in [4.69, 9.17) is 0 Å². The standard InChI is InChI=1S/C19H22N6O2/c26-16-6-11-25(19(27)22-16)17-14-21-18-15(5-3-10-24(17)18)4-1-2-9-23-12-7-20-8-13-23/h3,5,10,14,20H,2,6-9,11-13H2,(H,22,26,27). The lowest BCUT2D eigenvalue weighted by Gasteiger charge is -2.26. The summed E-state index contributed by atoms with van der Waals surface area (Å²) in [6.07, 6.45) is 4.60. The van der Waals surface area contributed by atoms with Crippen LogP contribution in [0.1, 0.15) is 18.4 Å². The molecule has 4 heterocycles. The van der Waals surface area contributed by atoms with E-state index in [1.165, 1.54) is 4.90 Å². The normalized spacial score (nSPS) is 18.3. The molecule has 0 radical (unpaired) electrons. The summed E-state index contributed by atoms with van der Waals surface area (Å²) < 4.78 is 1.84. The number of carbonyl (C=O) groups excluding carboxylic acids is 2. The summed E-state index contributed by atoms with van der Waals surface area (Å²) in [7, 11) is 0. The second kappa shape index (κ2) is 7.78. The fourth-order valence-corrected chi connectivity index (χ4v) is 3.38. The first-order valence-electron chi connectivity index (χ1n) is 9.22. The molecule has 0 spiro atoms. The van der Waals surface area contributed by atoms with E-state index in [-0.39, 0.29) is 12.3 Å². The quantitative estimate of drug-likeness (QED) is 0.770. The Hall–Kier alpha value is -2.89. The highest BCUT2D eigenvalue weighted by molar-refractivity contribution is 6.05. The second-order valence-corrected chi connectivity index (χ2v) is 6.63. The van der Waals surface area contributed by atoms with Gasteiger partial charge in [0, 0.05) is 58.3 Å². The van der Waals surface area contributed by atoms with Crippen molar-refractivity contribution in [2.24, 2.45) is 0 Å². The summed E-state index contributed by atoms with van der Waals surface area (Å²) in [5, 5.41) is 5.69. The zero-order valence-electron chi connectivity index (χ0n) is 15.1. The van der Waals surface area contributed by atoms with Crippen molar-refractivity contribution in [3.8, 4) is 11.8 Å². The highest BCUT2D eigenvalue weighted by atomic mass is 16.2. The molecule has 2 aromatic heterocycles. The summed E-state index contributed by atoms with van der Waals surface area (Å²) in [6, 6.07) is 3.41. The molecule has 8 nitrogen and oxygen atoms in total. The number of aromatic nitrogens is 2. The number of nitrogens with zero attached hydrogens (tertiary/aromatic N) is 4. The van der Waals surface area contributed by atoms with Gasteiger partial charge in [-0.25, -0.2) is 9.78 Å². The molecule has 140 valence electrons. The van der Waals surface area contributed by atoms with Crippen LogP contribution >= 0.6 is 0 Å². The molecule has 0 aliphatic carbocycles. The number of pyridine rings is 1. The summed E-state index contributed by atoms with van der Waals surface area (Å²) in [5.74, 6) is 6.84. The summed E-state index contributed by atoms with van der Waals surface area (Å²) in [6.45, 7) is 5.54. The predicted molar refractivity (Wildman–Crippen MR) is 101 cm³/mol. The minimum atomic E-state index is -0.416. The average Bonchev–Trinajstić information content (AvgIpc) is 3.11. The Kier molecular flexibility index (Phi) is 5.05. The number of imide groups is 1. The molecule has 3 amide bonds. The molecule has 2 N–H and O–H groups in total. The Morgan fingerprint density at radius 2 is 2.04 bits per heavy atom. The van der Waals surface area contributed by atoms with Crippen LogP contribution in [-0.2, 0) is 4.79 Å². The molecule has 0 bridgehead atoms. The largest absolute Gasteiger partial charge is 0.329 e. The second-order valence-electron chi connectivity index (χ2n) is 6.63. The monoisotopic (exact) mass is 366 g/mol. The van der Waals surface area contributed by atoms with E-state index in [1.54, 1.807) is 6.20 Å². The lowest BCUT2D eigenvalue weighted by atomic mass is 10.2. The first-order chi connectivity index (χ1) is 13.2. The number of fused-ring (bicyclic) bond motifs is 1. The zero-order valence-corrected chi connectivity index (χ0v) is 15.1. The predicted octanol–water partition coefficient (Wildman–Crippen LogP) is 0.427. The van der Waals surface area contributed by atoms with E-state index in [2.05, 4.69) is 32.4 Å². The third-order valence-corrected chi connectivity index (χ3v) is 4.83. The molecule has 27 heavy (non-hydrogen) atoms. The fourth-order valence-electron chi connectivity index (χ4n) is 3.38. The molecule has 0 unspecified atom stereocenters. The van der Waals surface area contributed by atoms with Crippen molar-refractivity contribution in [1.82, 2.24) is 24.9 Å². The van der Waals surface area contributed by atoms with Crippen LogP contribution in [0.3, 0.4) is 0 Å². The van der Waals surface area contributed by atoms with Crippen LogP contribution < -0.4 is 15.5 Å². The van der Waals surface area contributed by atoms with Gasteiger partial charge in [0.2, 0.25) is 5.91 Å². The van der Waals surface area contributed by atoms with Crippen molar-refractivity contribution in [2.75, 3.05) is 44.2 Å². The Labute approximate surface area is 157 Å². The third kappa shape index (κ3) is 3.79. The summed E-state index contributed by atoms with van der Waals surface area (Å²) in [5.41, 5.74) is 1.55. The van der Waals surface area contributed by atoms with Crippen molar-refractivity contribution in [1.29, 1.82) is 0 Å². The molecule has 4 rings (SSSR count). The maximum Gasteiger partial charge on any atom is 0.329 e. The molecule has 2 aliphatic rings. The van der Waals surface area contributed by atoms with Crippen molar-refractivity contribution in [3.63, 3.8) is 0 Å². The van der Waals surface area contributed by atoms with Crippen LogP contribution in [0.2, 0.25) is 0 Å². The number of carbonyl (C=O) groups is 2. The highest BCUT2D eigenvalue weighted by Crippen LogP contribution is 2.20. The molecule has 2 aromatic rings. The first-order valence-corrected chi connectivity index (χ1v) is 9.22. The maximum absolute atomic E-state index is 12.1. The number of nitrogens with one attached hydrogen (secondary N) is 2. The minimum Gasteiger partial charge on any atom is -0.314 e. The van der Waals surface area contributed by atoms with Crippen LogP contribution in [0.5, 0.6) is 0 Å². The Morgan fingerprint density at radius 1 is 1.19 bits per heavy atom. The van der Waals surface area contributed by atoms with Crippen molar-refractivity contribution in [3.05, 3.63) is 30.1 Å². The van der Waals surface area contributed by atoms with E-state index in [1.807, 2.05) is 22.7 Å². The molecule has 2 saturated heterocycles. The van der Waals surface area contributed by atoms with E-state index in [0.29, 0.717) is 18.0 Å². The number of piperazine rings is 1. The van der Waals surface area contributed by atoms with Crippen molar-refractivity contribution < 1.29 is 9.59 Å². The van der Waals surface area contributed by atoms with Crippen LogP contribution in [0.25, 0.3) is 5.65 Å². The highest BCUT2D eigenvalue weighted by Gasteiger charge is 2.26. The molecule has 0 saturated carbocycles. The number of imidazole rings is 1. The van der Waals surface area contributed by atoms with Gasteiger partial charge < -0.3 is 5.32 Å². The molecule has 2 aliphatic heterocycles. The van der Waals surface area contributed by atoms with E-state index < -0.39 is 6.03 Å². The van der Waals surface area contributed by atoms with Gasteiger partial charge in [-0.3, -0.25) is 24.3 Å². The first kappa shape index (κ1) is 17.5. The lowest BCUT2D eigenvalue weighted by Crippen LogP contribution is -2.50. The smallest absolute Gasteiger partial charge is 0.314 e. The van der Waals surface area contributed by atoms with E-state index in [9.17, 15) is 9.59 Å². The topological polar surface area (TPSA) is 82.0 Å². The maximum atomic E-state index is 12.1. The van der Waals surface area contributed by atoms with Crippen LogP contribution in [0.4, 0.5) is 10.6 Å². The molecular formula is C19H22N6O2. The third-order valence-electron chi connectivity index (χ3n) is 4.83. The molecule has 0 atom stereocenters. The van der Waals surface area contributed by atoms with Gasteiger partial charge in [0.1, 0.15) is 5.82 Å². The Morgan fingerprint density at radius 3 is 2.85 bits per heavy atom.